The summed E-state index contributed by atoms with van der Waals surface area (Å²) in [6.07, 6.45) is 1.03. The molecule has 0 fully saturated rings. The Balaban J connectivity index is 2.86. The van der Waals surface area contributed by atoms with E-state index in [0.717, 1.165) is 12.0 Å². The lowest BCUT2D eigenvalue weighted by Gasteiger charge is -2.07. The van der Waals surface area contributed by atoms with Crippen molar-refractivity contribution in [2.75, 3.05) is 0 Å². The zero-order valence-electron chi connectivity index (χ0n) is 8.25. The molecule has 1 aromatic carbocycles. The summed E-state index contributed by atoms with van der Waals surface area (Å²) in [7, 11) is 0. The lowest BCUT2D eigenvalue weighted by Crippen LogP contribution is -2.00. The van der Waals surface area contributed by atoms with Crippen LogP contribution < -0.4 is 5.73 Å². The molecule has 0 radical (unpaired) electrons. The highest BCUT2D eigenvalue weighted by atomic mass is 16.3. The van der Waals surface area contributed by atoms with Gasteiger partial charge in [-0.15, -0.1) is 0 Å². The van der Waals surface area contributed by atoms with Gasteiger partial charge in [0.15, 0.2) is 0 Å². The van der Waals surface area contributed by atoms with Crippen LogP contribution in [0.3, 0.4) is 0 Å². The fraction of sp³-hybridized carbons (Fsp3) is 0.455. The van der Waals surface area contributed by atoms with Crippen molar-refractivity contribution in [1.82, 2.24) is 0 Å². The molecule has 1 aromatic rings. The van der Waals surface area contributed by atoms with Crippen molar-refractivity contribution in [2.24, 2.45) is 11.7 Å². The second-order valence-electron chi connectivity index (χ2n) is 3.77. The molecule has 0 spiro atoms. The van der Waals surface area contributed by atoms with Gasteiger partial charge in [-0.05, 0) is 24.0 Å². The largest absolute Gasteiger partial charge is 0.508 e. The van der Waals surface area contributed by atoms with Gasteiger partial charge >= 0.3 is 0 Å². The van der Waals surface area contributed by atoms with Crippen LogP contribution in [-0.4, -0.2) is 5.11 Å². The Kier molecular flexibility index (Phi) is 3.32. The first-order chi connectivity index (χ1) is 6.13. The highest BCUT2D eigenvalue weighted by molar-refractivity contribution is 5.36. The molecule has 13 heavy (non-hydrogen) atoms. The standard InChI is InChI=1S/C11H17NO/c1-8(2)5-9-3-4-11(13)10(6-9)7-12/h3-4,6,8,13H,5,7,12H2,1-2H3. The van der Waals surface area contributed by atoms with Gasteiger partial charge in [0.1, 0.15) is 5.75 Å². The first-order valence-electron chi connectivity index (χ1n) is 4.64. The Morgan fingerprint density at radius 3 is 2.62 bits per heavy atom. The van der Waals surface area contributed by atoms with Crippen molar-refractivity contribution >= 4 is 0 Å². The van der Waals surface area contributed by atoms with E-state index in [9.17, 15) is 5.11 Å². The van der Waals surface area contributed by atoms with Gasteiger partial charge in [0.05, 0.1) is 0 Å². The van der Waals surface area contributed by atoms with Crippen LogP contribution in [0.4, 0.5) is 0 Å². The summed E-state index contributed by atoms with van der Waals surface area (Å²) in [6.45, 7) is 4.75. The molecule has 0 amide bonds. The summed E-state index contributed by atoms with van der Waals surface area (Å²) in [5.74, 6) is 0.935. The molecule has 0 heterocycles. The van der Waals surface area contributed by atoms with E-state index in [4.69, 9.17) is 5.73 Å². The molecule has 0 aliphatic carbocycles. The number of nitrogens with two attached hydrogens (primary N) is 1. The van der Waals surface area contributed by atoms with Crippen molar-refractivity contribution in [2.45, 2.75) is 26.8 Å². The van der Waals surface area contributed by atoms with Crippen molar-refractivity contribution < 1.29 is 5.11 Å². The van der Waals surface area contributed by atoms with E-state index < -0.39 is 0 Å². The normalized spacial score (nSPS) is 10.8. The summed E-state index contributed by atoms with van der Waals surface area (Å²) in [6, 6.07) is 5.66. The number of benzene rings is 1. The van der Waals surface area contributed by atoms with Crippen molar-refractivity contribution in [3.63, 3.8) is 0 Å². The second kappa shape index (κ2) is 4.28. The van der Waals surface area contributed by atoms with Crippen LogP contribution in [-0.2, 0) is 13.0 Å². The Morgan fingerprint density at radius 1 is 1.38 bits per heavy atom. The molecule has 0 aromatic heterocycles. The molecule has 1 rings (SSSR count). The molecule has 2 heteroatoms. The Hall–Kier alpha value is -1.02. The average molecular weight is 179 g/mol. The SMILES string of the molecule is CC(C)Cc1ccc(O)c(CN)c1. The molecule has 0 unspecified atom stereocenters. The molecule has 0 atom stereocenters. The number of hydrogen-bond donors (Lipinski definition) is 2. The number of rotatable bonds is 3. The number of aromatic hydroxyl groups is 1. The van der Waals surface area contributed by atoms with Crippen LogP contribution in [0, 0.1) is 5.92 Å². The van der Waals surface area contributed by atoms with Gasteiger partial charge in [-0.25, -0.2) is 0 Å². The third kappa shape index (κ3) is 2.74. The van der Waals surface area contributed by atoms with Gasteiger partial charge in [-0.2, -0.15) is 0 Å². The van der Waals surface area contributed by atoms with Gasteiger partial charge < -0.3 is 10.8 Å². The fourth-order valence-electron chi connectivity index (χ4n) is 1.40. The lowest BCUT2D eigenvalue weighted by molar-refractivity contribution is 0.468. The molecular formula is C11H17NO. The summed E-state index contributed by atoms with van der Waals surface area (Å²) in [5.41, 5.74) is 7.57. The van der Waals surface area contributed by atoms with Crippen LogP contribution in [0.5, 0.6) is 5.75 Å². The van der Waals surface area contributed by atoms with E-state index in [1.54, 1.807) is 6.07 Å². The summed E-state index contributed by atoms with van der Waals surface area (Å²) in [4.78, 5) is 0. The predicted octanol–water partition coefficient (Wildman–Crippen LogP) is 2.05. The molecule has 3 N–H and O–H groups in total. The monoisotopic (exact) mass is 179 g/mol. The maximum atomic E-state index is 9.39. The van der Waals surface area contributed by atoms with Crippen molar-refractivity contribution in [3.8, 4) is 5.75 Å². The van der Waals surface area contributed by atoms with E-state index in [-0.39, 0.29) is 0 Å². The highest BCUT2D eigenvalue weighted by Crippen LogP contribution is 2.19. The Morgan fingerprint density at radius 2 is 2.08 bits per heavy atom. The number of hydrogen-bond acceptors (Lipinski definition) is 2. The summed E-state index contributed by atoms with van der Waals surface area (Å²) in [5, 5.41) is 9.39. The lowest BCUT2D eigenvalue weighted by atomic mass is 10.0. The molecule has 2 nitrogen and oxygen atoms in total. The molecular weight excluding hydrogens is 162 g/mol. The van der Waals surface area contributed by atoms with Gasteiger partial charge in [0.25, 0.3) is 0 Å². The van der Waals surface area contributed by atoms with Gasteiger partial charge in [-0.3, -0.25) is 0 Å². The molecule has 0 saturated heterocycles. The first-order valence-corrected chi connectivity index (χ1v) is 4.64. The van der Waals surface area contributed by atoms with Gasteiger partial charge in [-0.1, -0.05) is 26.0 Å². The first kappa shape index (κ1) is 10.1. The Labute approximate surface area is 79.4 Å². The molecule has 0 saturated carbocycles. The van der Waals surface area contributed by atoms with Crippen LogP contribution in [0.15, 0.2) is 18.2 Å². The summed E-state index contributed by atoms with van der Waals surface area (Å²) >= 11 is 0. The van der Waals surface area contributed by atoms with E-state index in [1.807, 2.05) is 12.1 Å². The smallest absolute Gasteiger partial charge is 0.120 e. The van der Waals surface area contributed by atoms with E-state index >= 15 is 0 Å². The molecule has 72 valence electrons. The third-order valence-corrected chi connectivity index (χ3v) is 2.01. The topological polar surface area (TPSA) is 46.2 Å². The fourth-order valence-corrected chi connectivity index (χ4v) is 1.40. The molecule has 0 aliphatic rings. The van der Waals surface area contributed by atoms with Crippen LogP contribution in [0.2, 0.25) is 0 Å². The zero-order chi connectivity index (χ0) is 9.84. The minimum atomic E-state index is 0.301. The van der Waals surface area contributed by atoms with Gasteiger partial charge in [0.2, 0.25) is 0 Å². The predicted molar refractivity (Wildman–Crippen MR) is 54.5 cm³/mol. The van der Waals surface area contributed by atoms with Crippen molar-refractivity contribution in [3.05, 3.63) is 29.3 Å². The highest BCUT2D eigenvalue weighted by Gasteiger charge is 2.02. The second-order valence-corrected chi connectivity index (χ2v) is 3.77. The quantitative estimate of drug-likeness (QED) is 0.746. The molecule has 0 bridgehead atoms. The van der Waals surface area contributed by atoms with Crippen LogP contribution in [0.25, 0.3) is 0 Å². The maximum absolute atomic E-state index is 9.39. The zero-order valence-corrected chi connectivity index (χ0v) is 8.25. The minimum Gasteiger partial charge on any atom is -0.508 e. The maximum Gasteiger partial charge on any atom is 0.120 e. The Bertz CT molecular complexity index is 281. The average Bonchev–Trinajstić information content (AvgIpc) is 2.07. The number of phenolic OH excluding ortho intramolecular Hbond substituents is 1. The minimum absolute atomic E-state index is 0.301. The van der Waals surface area contributed by atoms with E-state index in [0.29, 0.717) is 18.2 Å². The third-order valence-electron chi connectivity index (χ3n) is 2.01. The van der Waals surface area contributed by atoms with Crippen LogP contribution >= 0.6 is 0 Å². The summed E-state index contributed by atoms with van der Waals surface area (Å²) < 4.78 is 0. The van der Waals surface area contributed by atoms with E-state index in [2.05, 4.69) is 13.8 Å². The van der Waals surface area contributed by atoms with Gasteiger partial charge in [0, 0.05) is 12.1 Å². The van der Waals surface area contributed by atoms with Crippen LogP contribution in [0.1, 0.15) is 25.0 Å². The number of phenols is 1. The van der Waals surface area contributed by atoms with E-state index in [1.165, 1.54) is 5.56 Å². The molecule has 0 aliphatic heterocycles. The van der Waals surface area contributed by atoms with Crippen molar-refractivity contribution in [1.29, 1.82) is 0 Å².